The Hall–Kier alpha value is -0.780. The third kappa shape index (κ3) is 2.03. The second-order valence-electron chi connectivity index (χ2n) is 5.87. The van der Waals surface area contributed by atoms with Crippen LogP contribution in [0.2, 0.25) is 0 Å². The lowest BCUT2D eigenvalue weighted by molar-refractivity contribution is 0.415. The fourth-order valence-electron chi connectivity index (χ4n) is 3.23. The van der Waals surface area contributed by atoms with E-state index in [4.69, 9.17) is 0 Å². The molecule has 0 nitrogen and oxygen atoms in total. The Balaban J connectivity index is 2.07. The molecule has 1 aromatic rings. The predicted octanol–water partition coefficient (Wildman–Crippen LogP) is 4.96. The fourth-order valence-corrected chi connectivity index (χ4v) is 3.23. The number of benzene rings is 1. The summed E-state index contributed by atoms with van der Waals surface area (Å²) < 4.78 is 0. The van der Waals surface area contributed by atoms with Crippen molar-refractivity contribution in [3.8, 4) is 0 Å². The Kier molecular flexibility index (Phi) is 2.98. The van der Waals surface area contributed by atoms with Crippen molar-refractivity contribution in [2.75, 3.05) is 0 Å². The largest absolute Gasteiger partial charge is 0.0613 e. The van der Waals surface area contributed by atoms with Crippen LogP contribution in [0.4, 0.5) is 0 Å². The first-order valence-electron chi connectivity index (χ1n) is 7.49. The Labute approximate surface area is 105 Å². The lowest BCUT2D eigenvalue weighted by atomic mass is 9.74. The minimum Gasteiger partial charge on any atom is -0.0613 e. The van der Waals surface area contributed by atoms with E-state index in [2.05, 4.69) is 26.0 Å². The van der Waals surface area contributed by atoms with Crippen LogP contribution in [0.1, 0.15) is 80.0 Å². The van der Waals surface area contributed by atoms with E-state index in [1.54, 1.807) is 22.3 Å². The van der Waals surface area contributed by atoms with Crippen LogP contribution in [-0.2, 0) is 12.8 Å². The molecule has 2 aliphatic rings. The summed E-state index contributed by atoms with van der Waals surface area (Å²) in [7, 11) is 0. The molecule has 2 fully saturated rings. The summed E-state index contributed by atoms with van der Waals surface area (Å²) in [4.78, 5) is 0. The van der Waals surface area contributed by atoms with Gasteiger partial charge in [0.25, 0.3) is 0 Å². The normalized spacial score (nSPS) is 20.4. The van der Waals surface area contributed by atoms with Crippen LogP contribution in [-0.4, -0.2) is 0 Å². The third-order valence-corrected chi connectivity index (χ3v) is 4.68. The molecular formula is C17H24. The quantitative estimate of drug-likeness (QED) is 0.683. The highest BCUT2D eigenvalue weighted by atomic mass is 14.4. The van der Waals surface area contributed by atoms with E-state index >= 15 is 0 Å². The number of hydrogen-bond donors (Lipinski definition) is 0. The molecule has 2 aliphatic carbocycles. The minimum absolute atomic E-state index is 0.909. The molecule has 17 heavy (non-hydrogen) atoms. The van der Waals surface area contributed by atoms with Crippen LogP contribution in [0.3, 0.4) is 0 Å². The van der Waals surface area contributed by atoms with E-state index in [1.165, 1.54) is 44.9 Å². The third-order valence-electron chi connectivity index (χ3n) is 4.68. The molecule has 0 N–H and O–H groups in total. The summed E-state index contributed by atoms with van der Waals surface area (Å²) in [5.41, 5.74) is 6.74. The Morgan fingerprint density at radius 2 is 1.71 bits per heavy atom. The number of hydrogen-bond acceptors (Lipinski definition) is 0. The van der Waals surface area contributed by atoms with Crippen molar-refractivity contribution < 1.29 is 0 Å². The van der Waals surface area contributed by atoms with Gasteiger partial charge in [-0.3, -0.25) is 0 Å². The summed E-state index contributed by atoms with van der Waals surface area (Å²) in [5, 5.41) is 0. The highest BCUT2D eigenvalue weighted by Gasteiger charge is 2.32. The zero-order valence-electron chi connectivity index (χ0n) is 11.3. The van der Waals surface area contributed by atoms with E-state index < -0.39 is 0 Å². The zero-order valence-corrected chi connectivity index (χ0v) is 11.3. The van der Waals surface area contributed by atoms with Crippen molar-refractivity contribution in [1.82, 2.24) is 0 Å². The van der Waals surface area contributed by atoms with E-state index in [0.29, 0.717) is 0 Å². The molecule has 0 heteroatoms. The SMILES string of the molecule is CCc1cc(CC)c(C2CCC2)c(C2CC2)c1. The zero-order chi connectivity index (χ0) is 11.8. The predicted molar refractivity (Wildman–Crippen MR) is 73.8 cm³/mol. The van der Waals surface area contributed by atoms with E-state index in [9.17, 15) is 0 Å². The van der Waals surface area contributed by atoms with Crippen LogP contribution in [0.5, 0.6) is 0 Å². The fraction of sp³-hybridized carbons (Fsp3) is 0.647. The van der Waals surface area contributed by atoms with Crippen molar-refractivity contribution >= 4 is 0 Å². The summed E-state index contributed by atoms with van der Waals surface area (Å²) in [6.45, 7) is 4.61. The van der Waals surface area contributed by atoms with Gasteiger partial charge in [-0.25, -0.2) is 0 Å². The number of aryl methyl sites for hydroxylation is 2. The van der Waals surface area contributed by atoms with Gasteiger partial charge in [-0.2, -0.15) is 0 Å². The topological polar surface area (TPSA) is 0 Å². The van der Waals surface area contributed by atoms with Crippen LogP contribution in [0, 0.1) is 0 Å². The highest BCUT2D eigenvalue weighted by Crippen LogP contribution is 2.48. The van der Waals surface area contributed by atoms with Gasteiger partial charge in [-0.1, -0.05) is 32.4 Å². The second-order valence-corrected chi connectivity index (χ2v) is 5.87. The molecular weight excluding hydrogens is 204 g/mol. The van der Waals surface area contributed by atoms with Gasteiger partial charge < -0.3 is 0 Å². The first kappa shape index (κ1) is 11.3. The first-order chi connectivity index (χ1) is 8.33. The van der Waals surface area contributed by atoms with E-state index in [-0.39, 0.29) is 0 Å². The van der Waals surface area contributed by atoms with Crippen LogP contribution < -0.4 is 0 Å². The van der Waals surface area contributed by atoms with Gasteiger partial charge in [0.1, 0.15) is 0 Å². The van der Waals surface area contributed by atoms with Gasteiger partial charge in [0.05, 0.1) is 0 Å². The Bertz CT molecular complexity index is 408. The van der Waals surface area contributed by atoms with Gasteiger partial charge in [-0.05, 0) is 72.6 Å². The maximum atomic E-state index is 2.53. The lowest BCUT2D eigenvalue weighted by Gasteiger charge is -2.31. The highest BCUT2D eigenvalue weighted by molar-refractivity contribution is 5.46. The van der Waals surface area contributed by atoms with Gasteiger partial charge in [0, 0.05) is 0 Å². The van der Waals surface area contributed by atoms with Crippen molar-refractivity contribution in [1.29, 1.82) is 0 Å². The average Bonchev–Trinajstić information content (AvgIpc) is 3.10. The summed E-state index contributed by atoms with van der Waals surface area (Å²) in [6.07, 6.45) is 9.63. The molecule has 0 aliphatic heterocycles. The molecule has 0 saturated heterocycles. The average molecular weight is 228 g/mol. The maximum absolute atomic E-state index is 2.53. The van der Waals surface area contributed by atoms with Gasteiger partial charge >= 0.3 is 0 Å². The van der Waals surface area contributed by atoms with Crippen LogP contribution in [0.15, 0.2) is 12.1 Å². The van der Waals surface area contributed by atoms with Gasteiger partial charge in [0.2, 0.25) is 0 Å². The molecule has 0 bridgehead atoms. The molecule has 0 aromatic heterocycles. The van der Waals surface area contributed by atoms with Crippen LogP contribution >= 0.6 is 0 Å². The van der Waals surface area contributed by atoms with Gasteiger partial charge in [0.15, 0.2) is 0 Å². The lowest BCUT2D eigenvalue weighted by Crippen LogP contribution is -2.14. The van der Waals surface area contributed by atoms with Gasteiger partial charge in [-0.15, -0.1) is 0 Å². The van der Waals surface area contributed by atoms with Crippen molar-refractivity contribution in [3.63, 3.8) is 0 Å². The molecule has 3 rings (SSSR count). The monoisotopic (exact) mass is 228 g/mol. The van der Waals surface area contributed by atoms with Crippen LogP contribution in [0.25, 0.3) is 0 Å². The summed E-state index contributed by atoms with van der Waals surface area (Å²) in [5.74, 6) is 1.83. The minimum atomic E-state index is 0.909. The Morgan fingerprint density at radius 3 is 2.18 bits per heavy atom. The number of rotatable bonds is 4. The molecule has 1 aromatic carbocycles. The van der Waals surface area contributed by atoms with E-state index in [1.807, 2.05) is 0 Å². The molecule has 0 radical (unpaired) electrons. The molecule has 0 spiro atoms. The molecule has 0 unspecified atom stereocenters. The summed E-state index contributed by atoms with van der Waals surface area (Å²) in [6, 6.07) is 5.02. The van der Waals surface area contributed by atoms with Crippen molar-refractivity contribution in [2.24, 2.45) is 0 Å². The first-order valence-corrected chi connectivity index (χ1v) is 7.49. The Morgan fingerprint density at radius 1 is 0.941 bits per heavy atom. The molecule has 2 saturated carbocycles. The standard InChI is InChI=1S/C17H24/c1-3-12-10-13(4-2)17(15-6-5-7-15)16(11-12)14-8-9-14/h10-11,14-15H,3-9H2,1-2H3. The van der Waals surface area contributed by atoms with E-state index in [0.717, 1.165) is 11.8 Å². The molecule has 0 heterocycles. The second kappa shape index (κ2) is 4.48. The smallest absolute Gasteiger partial charge is 0.0156 e. The van der Waals surface area contributed by atoms with Crippen molar-refractivity contribution in [2.45, 2.75) is 70.6 Å². The molecule has 0 atom stereocenters. The van der Waals surface area contributed by atoms with Crippen molar-refractivity contribution in [3.05, 3.63) is 34.4 Å². The molecule has 0 amide bonds. The maximum Gasteiger partial charge on any atom is -0.0156 e. The summed E-state index contributed by atoms with van der Waals surface area (Å²) >= 11 is 0. The molecule has 92 valence electrons.